The molecule has 1 aromatic carbocycles. The van der Waals surface area contributed by atoms with E-state index in [4.69, 9.17) is 4.74 Å². The highest BCUT2D eigenvalue weighted by atomic mass is 16.5. The van der Waals surface area contributed by atoms with E-state index in [1.54, 1.807) is 24.1 Å². The molecule has 0 aliphatic carbocycles. The number of likely N-dealkylation sites (tertiary alicyclic amines) is 1. The minimum absolute atomic E-state index is 0.0328. The molecule has 1 fully saturated rings. The fourth-order valence-electron chi connectivity index (χ4n) is 4.12. The summed E-state index contributed by atoms with van der Waals surface area (Å²) in [4.78, 5) is 32.8. The van der Waals surface area contributed by atoms with Crippen molar-refractivity contribution in [2.24, 2.45) is 5.92 Å². The molecule has 150 valence electrons. The van der Waals surface area contributed by atoms with Crippen LogP contribution in [-0.2, 0) is 0 Å². The van der Waals surface area contributed by atoms with Crippen molar-refractivity contribution < 1.29 is 14.3 Å². The third-order valence-electron chi connectivity index (χ3n) is 5.61. The van der Waals surface area contributed by atoms with Gasteiger partial charge in [-0.3, -0.25) is 14.0 Å². The molecule has 3 heterocycles. The van der Waals surface area contributed by atoms with Crippen molar-refractivity contribution in [3.8, 4) is 5.75 Å². The number of Topliss-reactive ketones (excluding diaryl/α,β-unsaturated/α-hetero) is 1. The highest BCUT2D eigenvalue weighted by molar-refractivity contribution is 6.01. The van der Waals surface area contributed by atoms with Crippen molar-refractivity contribution in [1.29, 1.82) is 0 Å². The molecule has 6 heteroatoms. The number of piperidine rings is 1. The van der Waals surface area contributed by atoms with Crippen molar-refractivity contribution in [3.05, 3.63) is 65.1 Å². The van der Waals surface area contributed by atoms with Crippen LogP contribution in [0, 0.1) is 19.8 Å². The van der Waals surface area contributed by atoms with Gasteiger partial charge in [0.05, 0.1) is 18.4 Å². The average molecular weight is 391 g/mol. The Morgan fingerprint density at radius 2 is 1.97 bits per heavy atom. The number of carbonyl (C=O) groups is 2. The number of ether oxygens (including phenoxy) is 1. The first-order chi connectivity index (χ1) is 14.0. The van der Waals surface area contributed by atoms with Gasteiger partial charge in [-0.2, -0.15) is 0 Å². The van der Waals surface area contributed by atoms with Crippen LogP contribution in [0.3, 0.4) is 0 Å². The summed E-state index contributed by atoms with van der Waals surface area (Å²) in [7, 11) is 1.57. The largest absolute Gasteiger partial charge is 0.496 e. The SMILES string of the molecule is COc1ccccc1C(=O)C1CCCN(C(=O)c2c(C)nc3cc(C)ccn23)C1. The molecule has 3 aromatic rings. The topological polar surface area (TPSA) is 63.9 Å². The summed E-state index contributed by atoms with van der Waals surface area (Å²) in [6, 6.07) is 11.2. The van der Waals surface area contributed by atoms with Crippen molar-refractivity contribution in [1.82, 2.24) is 14.3 Å². The van der Waals surface area contributed by atoms with Crippen molar-refractivity contribution in [2.45, 2.75) is 26.7 Å². The number of carbonyl (C=O) groups excluding carboxylic acids is 2. The molecule has 1 atom stereocenters. The predicted octanol–water partition coefficient (Wildman–Crippen LogP) is 3.69. The molecular formula is C23H25N3O3. The van der Waals surface area contributed by atoms with Crippen LogP contribution >= 0.6 is 0 Å². The number of amides is 1. The van der Waals surface area contributed by atoms with E-state index >= 15 is 0 Å². The molecule has 2 aromatic heterocycles. The van der Waals surface area contributed by atoms with E-state index in [0.29, 0.717) is 35.8 Å². The second kappa shape index (κ2) is 7.70. The Morgan fingerprint density at radius 3 is 2.76 bits per heavy atom. The van der Waals surface area contributed by atoms with E-state index in [0.717, 1.165) is 24.1 Å². The Labute approximate surface area is 170 Å². The van der Waals surface area contributed by atoms with Gasteiger partial charge in [0.15, 0.2) is 5.78 Å². The smallest absolute Gasteiger partial charge is 0.272 e. The van der Waals surface area contributed by atoms with E-state index in [1.165, 1.54) is 0 Å². The third-order valence-corrected chi connectivity index (χ3v) is 5.61. The maximum atomic E-state index is 13.3. The molecule has 29 heavy (non-hydrogen) atoms. The molecular weight excluding hydrogens is 366 g/mol. The van der Waals surface area contributed by atoms with Crippen molar-refractivity contribution in [3.63, 3.8) is 0 Å². The number of rotatable bonds is 4. The lowest BCUT2D eigenvalue weighted by molar-refractivity contribution is 0.0630. The van der Waals surface area contributed by atoms with Crippen LogP contribution in [0.1, 0.15) is 44.9 Å². The summed E-state index contributed by atoms with van der Waals surface area (Å²) in [5, 5.41) is 0. The van der Waals surface area contributed by atoms with Crippen LogP contribution in [0.4, 0.5) is 0 Å². The highest BCUT2D eigenvalue weighted by Gasteiger charge is 2.32. The minimum Gasteiger partial charge on any atom is -0.496 e. The molecule has 4 rings (SSSR count). The first-order valence-corrected chi connectivity index (χ1v) is 9.91. The van der Waals surface area contributed by atoms with Gasteiger partial charge in [0.1, 0.15) is 17.1 Å². The van der Waals surface area contributed by atoms with E-state index in [2.05, 4.69) is 4.98 Å². The van der Waals surface area contributed by atoms with Gasteiger partial charge < -0.3 is 9.64 Å². The first-order valence-electron chi connectivity index (χ1n) is 9.91. The molecule has 1 aliphatic heterocycles. The number of hydrogen-bond donors (Lipinski definition) is 0. The standard InChI is InChI=1S/C23H25N3O3/c1-15-10-12-26-20(13-15)24-16(2)21(26)23(28)25-11-6-7-17(14-25)22(27)18-8-4-5-9-19(18)29-3/h4-5,8-10,12-13,17H,6-7,11,14H2,1-3H3. The molecule has 0 bridgehead atoms. The zero-order valence-electron chi connectivity index (χ0n) is 17.0. The Kier molecular flexibility index (Phi) is 5.09. The van der Waals surface area contributed by atoms with E-state index in [-0.39, 0.29) is 17.6 Å². The number of aromatic nitrogens is 2. The molecule has 6 nitrogen and oxygen atoms in total. The summed E-state index contributed by atoms with van der Waals surface area (Å²) in [5.41, 5.74) is 3.73. The Bertz CT molecular complexity index is 1090. The zero-order chi connectivity index (χ0) is 20.5. The number of imidazole rings is 1. The summed E-state index contributed by atoms with van der Waals surface area (Å²) >= 11 is 0. The van der Waals surface area contributed by atoms with Crippen molar-refractivity contribution >= 4 is 17.3 Å². The lowest BCUT2D eigenvalue weighted by atomic mass is 9.89. The number of nitrogens with zero attached hydrogens (tertiary/aromatic N) is 3. The lowest BCUT2D eigenvalue weighted by Gasteiger charge is -2.32. The van der Waals surface area contributed by atoms with Gasteiger partial charge in [-0.25, -0.2) is 4.98 Å². The van der Waals surface area contributed by atoms with Gasteiger partial charge in [0, 0.05) is 25.2 Å². The fraction of sp³-hybridized carbons (Fsp3) is 0.348. The summed E-state index contributed by atoms with van der Waals surface area (Å²) in [6.45, 7) is 4.92. The summed E-state index contributed by atoms with van der Waals surface area (Å²) in [6.07, 6.45) is 3.46. The van der Waals surface area contributed by atoms with Crippen LogP contribution in [0.5, 0.6) is 5.75 Å². The van der Waals surface area contributed by atoms with E-state index < -0.39 is 0 Å². The van der Waals surface area contributed by atoms with Gasteiger partial charge in [-0.15, -0.1) is 0 Å². The van der Waals surface area contributed by atoms with Gasteiger partial charge >= 0.3 is 0 Å². The molecule has 1 unspecified atom stereocenters. The van der Waals surface area contributed by atoms with Gasteiger partial charge in [-0.1, -0.05) is 12.1 Å². The second-order valence-corrected chi connectivity index (χ2v) is 7.63. The second-order valence-electron chi connectivity index (χ2n) is 7.63. The minimum atomic E-state index is -0.231. The highest BCUT2D eigenvalue weighted by Crippen LogP contribution is 2.27. The maximum absolute atomic E-state index is 13.3. The number of pyridine rings is 1. The third kappa shape index (κ3) is 3.50. The van der Waals surface area contributed by atoms with Gasteiger partial charge in [0.25, 0.3) is 5.91 Å². The Balaban J connectivity index is 1.60. The number of aryl methyl sites for hydroxylation is 2. The molecule has 1 saturated heterocycles. The van der Waals surface area contributed by atoms with Crippen molar-refractivity contribution in [2.75, 3.05) is 20.2 Å². The van der Waals surface area contributed by atoms with Crippen LogP contribution in [-0.4, -0.2) is 46.2 Å². The molecule has 0 saturated carbocycles. The van der Waals surface area contributed by atoms with Crippen LogP contribution < -0.4 is 4.74 Å². The molecule has 1 aliphatic rings. The molecule has 0 radical (unpaired) electrons. The molecule has 0 N–H and O–H groups in total. The van der Waals surface area contributed by atoms with Crippen LogP contribution in [0.2, 0.25) is 0 Å². The number of ketones is 1. The monoisotopic (exact) mass is 391 g/mol. The maximum Gasteiger partial charge on any atom is 0.272 e. The number of hydrogen-bond acceptors (Lipinski definition) is 4. The number of benzene rings is 1. The summed E-state index contributed by atoms with van der Waals surface area (Å²) in [5.74, 6) is 0.307. The Hall–Kier alpha value is -3.15. The lowest BCUT2D eigenvalue weighted by Crippen LogP contribution is -2.43. The number of para-hydroxylation sites is 1. The fourth-order valence-corrected chi connectivity index (χ4v) is 4.12. The van der Waals surface area contributed by atoms with Gasteiger partial charge in [-0.05, 0) is 56.5 Å². The number of methoxy groups -OCH3 is 1. The number of fused-ring (bicyclic) bond motifs is 1. The molecule has 1 amide bonds. The average Bonchev–Trinajstić information content (AvgIpc) is 3.07. The molecule has 0 spiro atoms. The van der Waals surface area contributed by atoms with Crippen LogP contribution in [0.25, 0.3) is 5.65 Å². The normalized spacial score (nSPS) is 16.8. The van der Waals surface area contributed by atoms with E-state index in [1.807, 2.05) is 48.7 Å². The first kappa shape index (κ1) is 19.2. The zero-order valence-corrected chi connectivity index (χ0v) is 17.0. The summed E-state index contributed by atoms with van der Waals surface area (Å²) < 4.78 is 7.19. The quantitative estimate of drug-likeness (QED) is 0.636. The Morgan fingerprint density at radius 1 is 1.17 bits per heavy atom. The van der Waals surface area contributed by atoms with E-state index in [9.17, 15) is 9.59 Å². The van der Waals surface area contributed by atoms with Gasteiger partial charge in [0.2, 0.25) is 0 Å². The van der Waals surface area contributed by atoms with Crippen LogP contribution in [0.15, 0.2) is 42.6 Å². The predicted molar refractivity (Wildman–Crippen MR) is 111 cm³/mol.